The molecule has 22 heavy (non-hydrogen) atoms. The Labute approximate surface area is 129 Å². The van der Waals surface area contributed by atoms with Crippen LogP contribution >= 0.6 is 0 Å². The van der Waals surface area contributed by atoms with Gasteiger partial charge >= 0.3 is 0 Å². The molecule has 1 aromatic rings. The van der Waals surface area contributed by atoms with Crippen LogP contribution in [0.15, 0.2) is 65.7 Å². The van der Waals surface area contributed by atoms with Crippen molar-refractivity contribution in [2.75, 3.05) is 14.2 Å². The van der Waals surface area contributed by atoms with Crippen LogP contribution in [-0.4, -0.2) is 25.8 Å². The number of carbonyl (C=O) groups excluding carboxylic acids is 2. The minimum atomic E-state index is -0.315. The Morgan fingerprint density at radius 2 is 1.50 bits per heavy atom. The van der Waals surface area contributed by atoms with Gasteiger partial charge in [0, 0.05) is 17.6 Å². The van der Waals surface area contributed by atoms with Gasteiger partial charge in [0.1, 0.15) is 0 Å². The average molecular weight is 298 g/mol. The summed E-state index contributed by atoms with van der Waals surface area (Å²) in [6.45, 7) is 3.66. The molecule has 1 aliphatic carbocycles. The largest absolute Gasteiger partial charge is 0.489 e. The van der Waals surface area contributed by atoms with Gasteiger partial charge in [-0.2, -0.15) is 0 Å². The third-order valence-corrected chi connectivity index (χ3v) is 3.51. The summed E-state index contributed by atoms with van der Waals surface area (Å²) in [5.74, 6) is -0.697. The number of rotatable bonds is 6. The molecule has 0 saturated heterocycles. The van der Waals surface area contributed by atoms with Crippen LogP contribution in [0.2, 0.25) is 0 Å². The number of benzene rings is 1. The zero-order valence-corrected chi connectivity index (χ0v) is 12.7. The molecule has 1 aromatic carbocycles. The fourth-order valence-corrected chi connectivity index (χ4v) is 2.47. The summed E-state index contributed by atoms with van der Waals surface area (Å²) in [6, 6.07) is 9.52. The molecule has 1 aliphatic rings. The Balaban J connectivity index is 2.50. The number of Topliss-reactive ketones (excluding diaryl/α,β-unsaturated/α-hetero) is 2. The van der Waals surface area contributed by atoms with Gasteiger partial charge in [0.25, 0.3) is 0 Å². The van der Waals surface area contributed by atoms with Crippen LogP contribution in [-0.2, 0) is 25.5 Å². The summed E-state index contributed by atoms with van der Waals surface area (Å²) in [6.07, 6.45) is 2.30. The average Bonchev–Trinajstić information content (AvgIpc) is 2.54. The summed E-state index contributed by atoms with van der Waals surface area (Å²) in [5.41, 5.74) is 1.81. The summed E-state index contributed by atoms with van der Waals surface area (Å²) in [5, 5.41) is 0. The van der Waals surface area contributed by atoms with Crippen LogP contribution in [0.25, 0.3) is 0 Å². The monoisotopic (exact) mass is 298 g/mol. The van der Waals surface area contributed by atoms with E-state index in [9.17, 15) is 9.59 Å². The molecule has 0 fully saturated rings. The van der Waals surface area contributed by atoms with Crippen LogP contribution in [0, 0.1) is 0 Å². The van der Waals surface area contributed by atoms with Crippen molar-refractivity contribution < 1.29 is 19.1 Å². The molecule has 4 heteroatoms. The number of ketones is 2. The Hall–Kier alpha value is -2.62. The SMILES string of the molecule is C=CCC1=C(Cc2ccccc2)C(=O)C(OC)=C(OC)C1=O. The predicted octanol–water partition coefficient (Wildman–Crippen LogP) is 2.76. The number of hydrogen-bond donors (Lipinski definition) is 0. The summed E-state index contributed by atoms with van der Waals surface area (Å²) < 4.78 is 10.2. The minimum Gasteiger partial charge on any atom is -0.489 e. The molecular formula is C18H18O4. The maximum absolute atomic E-state index is 12.7. The van der Waals surface area contributed by atoms with E-state index in [0.717, 1.165) is 5.56 Å². The van der Waals surface area contributed by atoms with Crippen molar-refractivity contribution >= 4 is 11.6 Å². The predicted molar refractivity (Wildman–Crippen MR) is 83.0 cm³/mol. The first kappa shape index (κ1) is 15.8. The number of allylic oxidation sites excluding steroid dienone is 3. The Bertz CT molecular complexity index is 666. The maximum Gasteiger partial charge on any atom is 0.228 e. The van der Waals surface area contributed by atoms with Gasteiger partial charge in [-0.15, -0.1) is 6.58 Å². The highest BCUT2D eigenvalue weighted by atomic mass is 16.5. The molecule has 0 spiro atoms. The van der Waals surface area contributed by atoms with Crippen molar-refractivity contribution in [1.29, 1.82) is 0 Å². The van der Waals surface area contributed by atoms with Crippen LogP contribution in [0.1, 0.15) is 12.0 Å². The zero-order valence-electron chi connectivity index (χ0n) is 12.7. The molecule has 0 N–H and O–H groups in total. The molecule has 0 amide bonds. The molecule has 0 heterocycles. The molecule has 0 aliphatic heterocycles. The second kappa shape index (κ2) is 6.89. The second-order valence-corrected chi connectivity index (χ2v) is 4.84. The van der Waals surface area contributed by atoms with Crippen LogP contribution < -0.4 is 0 Å². The molecular weight excluding hydrogens is 280 g/mol. The lowest BCUT2D eigenvalue weighted by Gasteiger charge is -2.21. The van der Waals surface area contributed by atoms with E-state index in [4.69, 9.17) is 9.47 Å². The third-order valence-electron chi connectivity index (χ3n) is 3.51. The number of methoxy groups -OCH3 is 2. The van der Waals surface area contributed by atoms with E-state index in [2.05, 4.69) is 6.58 Å². The molecule has 0 aromatic heterocycles. The van der Waals surface area contributed by atoms with Crippen molar-refractivity contribution in [2.45, 2.75) is 12.8 Å². The molecule has 0 saturated carbocycles. The maximum atomic E-state index is 12.7. The highest BCUT2D eigenvalue weighted by Crippen LogP contribution is 2.29. The molecule has 0 atom stereocenters. The van der Waals surface area contributed by atoms with Crippen molar-refractivity contribution in [2.24, 2.45) is 0 Å². The highest BCUT2D eigenvalue weighted by Gasteiger charge is 2.35. The van der Waals surface area contributed by atoms with Crippen LogP contribution in [0.4, 0.5) is 0 Å². The smallest absolute Gasteiger partial charge is 0.228 e. The van der Waals surface area contributed by atoms with Gasteiger partial charge in [-0.1, -0.05) is 36.4 Å². The van der Waals surface area contributed by atoms with E-state index >= 15 is 0 Å². The molecule has 4 nitrogen and oxygen atoms in total. The normalized spacial score (nSPS) is 15.2. The fourth-order valence-electron chi connectivity index (χ4n) is 2.47. The Morgan fingerprint density at radius 3 is 2.00 bits per heavy atom. The molecule has 0 radical (unpaired) electrons. The van der Waals surface area contributed by atoms with Gasteiger partial charge in [-0.05, 0) is 12.0 Å². The zero-order chi connectivity index (χ0) is 16.1. The lowest BCUT2D eigenvalue weighted by molar-refractivity contribution is -0.121. The fraction of sp³-hybridized carbons (Fsp3) is 0.222. The van der Waals surface area contributed by atoms with Gasteiger partial charge in [0.05, 0.1) is 14.2 Å². The van der Waals surface area contributed by atoms with E-state index in [0.29, 0.717) is 24.0 Å². The van der Waals surface area contributed by atoms with Gasteiger partial charge in [0.15, 0.2) is 0 Å². The van der Waals surface area contributed by atoms with Crippen molar-refractivity contribution in [1.82, 2.24) is 0 Å². The quantitative estimate of drug-likeness (QED) is 0.598. The standard InChI is InChI=1S/C18H18O4/c1-4-8-13-14(11-12-9-6-5-7-10-12)16(20)18(22-3)17(21-2)15(13)19/h4-7,9-10H,1,8,11H2,2-3H3. The lowest BCUT2D eigenvalue weighted by atomic mass is 9.86. The number of hydrogen-bond acceptors (Lipinski definition) is 4. The topological polar surface area (TPSA) is 52.6 Å². The van der Waals surface area contributed by atoms with Gasteiger partial charge in [-0.3, -0.25) is 9.59 Å². The van der Waals surface area contributed by atoms with Crippen molar-refractivity contribution in [3.63, 3.8) is 0 Å². The molecule has 2 rings (SSSR count). The number of ether oxygens (including phenoxy) is 2. The Kier molecular flexibility index (Phi) is 4.94. The Morgan fingerprint density at radius 1 is 0.955 bits per heavy atom. The molecule has 114 valence electrons. The van der Waals surface area contributed by atoms with Gasteiger partial charge in [0.2, 0.25) is 23.1 Å². The van der Waals surface area contributed by atoms with Crippen molar-refractivity contribution in [3.8, 4) is 0 Å². The first-order valence-electron chi connectivity index (χ1n) is 6.92. The lowest BCUT2D eigenvalue weighted by Crippen LogP contribution is -2.26. The summed E-state index contributed by atoms with van der Waals surface area (Å²) >= 11 is 0. The van der Waals surface area contributed by atoms with E-state index in [1.54, 1.807) is 6.08 Å². The van der Waals surface area contributed by atoms with E-state index in [1.807, 2.05) is 30.3 Å². The van der Waals surface area contributed by atoms with Crippen LogP contribution in [0.3, 0.4) is 0 Å². The van der Waals surface area contributed by atoms with Gasteiger partial charge < -0.3 is 9.47 Å². The van der Waals surface area contributed by atoms with Crippen LogP contribution in [0.5, 0.6) is 0 Å². The number of carbonyl (C=O) groups is 2. The highest BCUT2D eigenvalue weighted by molar-refractivity contribution is 6.23. The first-order chi connectivity index (χ1) is 10.6. The van der Waals surface area contributed by atoms with Gasteiger partial charge in [-0.25, -0.2) is 0 Å². The van der Waals surface area contributed by atoms with E-state index < -0.39 is 0 Å². The van der Waals surface area contributed by atoms with E-state index in [-0.39, 0.29) is 23.1 Å². The summed E-state index contributed by atoms with van der Waals surface area (Å²) in [7, 11) is 2.71. The third kappa shape index (κ3) is 2.86. The van der Waals surface area contributed by atoms with E-state index in [1.165, 1.54) is 14.2 Å². The molecule has 0 bridgehead atoms. The second-order valence-electron chi connectivity index (χ2n) is 4.84. The molecule has 0 unspecified atom stereocenters. The summed E-state index contributed by atoms with van der Waals surface area (Å²) in [4.78, 5) is 25.2. The first-order valence-corrected chi connectivity index (χ1v) is 6.92. The van der Waals surface area contributed by atoms with Crippen molar-refractivity contribution in [3.05, 3.63) is 71.2 Å². The minimum absolute atomic E-state index is 0.0359.